The van der Waals surface area contributed by atoms with E-state index in [0.29, 0.717) is 0 Å². The molecule has 0 spiro atoms. The highest BCUT2D eigenvalue weighted by Crippen LogP contribution is 2.26. The van der Waals surface area contributed by atoms with E-state index in [1.807, 2.05) is 31.1 Å². The number of carbonyl (C=O) groups excluding carboxylic acids is 1. The Morgan fingerprint density at radius 1 is 1.33 bits per heavy atom. The fourth-order valence-corrected chi connectivity index (χ4v) is 3.31. The number of allylic oxidation sites excluding steroid dienone is 1. The van der Waals surface area contributed by atoms with E-state index in [-0.39, 0.29) is 5.78 Å². The van der Waals surface area contributed by atoms with Gasteiger partial charge in [-0.1, -0.05) is 31.1 Å². The quantitative estimate of drug-likeness (QED) is 0.469. The standard InChI is InChI=1S/C18H23NOS/c1-19(2)14-13-17(20)18-12-11-16(21-18)10-6-9-15-7-4-3-5-8-15/h11-15H,3-5,7-9H2,1-2H3/b14-13+. The number of hydrogen-bond donors (Lipinski definition) is 0. The zero-order chi connectivity index (χ0) is 15.1. The highest BCUT2D eigenvalue weighted by molar-refractivity contribution is 7.14. The summed E-state index contributed by atoms with van der Waals surface area (Å²) in [7, 11) is 3.81. The van der Waals surface area contributed by atoms with E-state index in [2.05, 4.69) is 11.8 Å². The van der Waals surface area contributed by atoms with Gasteiger partial charge < -0.3 is 4.90 Å². The molecule has 1 saturated carbocycles. The van der Waals surface area contributed by atoms with E-state index < -0.39 is 0 Å². The molecule has 0 atom stereocenters. The molecule has 112 valence electrons. The van der Waals surface area contributed by atoms with E-state index in [0.717, 1.165) is 22.1 Å². The second-order valence-electron chi connectivity index (χ2n) is 5.82. The Hall–Kier alpha value is -1.53. The molecule has 3 heteroatoms. The Morgan fingerprint density at radius 2 is 2.10 bits per heavy atom. The Bertz CT molecular complexity index is 553. The van der Waals surface area contributed by atoms with Gasteiger partial charge in [0.2, 0.25) is 0 Å². The third kappa shape index (κ3) is 5.40. The zero-order valence-corrected chi connectivity index (χ0v) is 13.7. The van der Waals surface area contributed by atoms with Crippen LogP contribution in [0.15, 0.2) is 24.4 Å². The van der Waals surface area contributed by atoms with Gasteiger partial charge in [0, 0.05) is 32.8 Å². The van der Waals surface area contributed by atoms with Gasteiger partial charge in [-0.3, -0.25) is 4.79 Å². The lowest BCUT2D eigenvalue weighted by Gasteiger charge is -2.18. The van der Waals surface area contributed by atoms with E-state index in [9.17, 15) is 4.79 Å². The summed E-state index contributed by atoms with van der Waals surface area (Å²) in [4.78, 5) is 15.5. The van der Waals surface area contributed by atoms with Crippen LogP contribution in [0.2, 0.25) is 0 Å². The fraction of sp³-hybridized carbons (Fsp3) is 0.500. The van der Waals surface area contributed by atoms with Crippen molar-refractivity contribution in [1.29, 1.82) is 0 Å². The second kappa shape index (κ2) is 8.05. The Morgan fingerprint density at radius 3 is 2.81 bits per heavy atom. The molecule has 0 amide bonds. The molecule has 0 saturated heterocycles. The lowest BCUT2D eigenvalue weighted by atomic mass is 9.87. The van der Waals surface area contributed by atoms with Crippen LogP contribution in [0.4, 0.5) is 0 Å². The highest BCUT2D eigenvalue weighted by Gasteiger charge is 2.11. The van der Waals surface area contributed by atoms with Crippen molar-refractivity contribution in [3.05, 3.63) is 34.2 Å². The molecule has 1 aliphatic rings. The minimum atomic E-state index is 0.0500. The van der Waals surface area contributed by atoms with Crippen LogP contribution in [0.25, 0.3) is 0 Å². The summed E-state index contributed by atoms with van der Waals surface area (Å²) in [6.07, 6.45) is 11.2. The summed E-state index contributed by atoms with van der Waals surface area (Å²) >= 11 is 1.49. The molecule has 1 aromatic rings. The number of hydrogen-bond acceptors (Lipinski definition) is 3. The molecule has 2 nitrogen and oxygen atoms in total. The van der Waals surface area contributed by atoms with Gasteiger partial charge in [-0.05, 0) is 30.9 Å². The molecule has 1 fully saturated rings. The van der Waals surface area contributed by atoms with Crippen LogP contribution in [0.3, 0.4) is 0 Å². The molecule has 1 heterocycles. The maximum atomic E-state index is 11.9. The molecular formula is C18H23NOS. The first kappa shape index (κ1) is 15.9. The number of carbonyl (C=O) groups is 1. The topological polar surface area (TPSA) is 20.3 Å². The second-order valence-corrected chi connectivity index (χ2v) is 6.90. The molecule has 0 unspecified atom stereocenters. The molecular weight excluding hydrogens is 278 g/mol. The van der Waals surface area contributed by atoms with Crippen molar-refractivity contribution in [3.63, 3.8) is 0 Å². The maximum absolute atomic E-state index is 11.9. The maximum Gasteiger partial charge on any atom is 0.197 e. The van der Waals surface area contributed by atoms with E-state index in [1.54, 1.807) is 12.3 Å². The Kier molecular flexibility index (Phi) is 6.07. The molecule has 21 heavy (non-hydrogen) atoms. The van der Waals surface area contributed by atoms with Crippen LogP contribution < -0.4 is 0 Å². The molecule has 1 aromatic heterocycles. The normalized spacial score (nSPS) is 15.7. The van der Waals surface area contributed by atoms with Crippen LogP contribution >= 0.6 is 11.3 Å². The van der Waals surface area contributed by atoms with Crippen LogP contribution in [0.1, 0.15) is 53.1 Å². The predicted octanol–water partition coefficient (Wildman–Crippen LogP) is 4.33. The van der Waals surface area contributed by atoms with Crippen molar-refractivity contribution in [2.75, 3.05) is 14.1 Å². The third-order valence-corrected chi connectivity index (χ3v) is 4.72. The average Bonchev–Trinajstić information content (AvgIpc) is 2.95. The molecule has 0 aromatic carbocycles. The minimum Gasteiger partial charge on any atom is -0.383 e. The SMILES string of the molecule is CN(C)/C=C/C(=O)c1ccc(C#CCC2CCCCC2)s1. The van der Waals surface area contributed by atoms with Crippen LogP contribution in [0, 0.1) is 17.8 Å². The third-order valence-electron chi connectivity index (χ3n) is 3.70. The van der Waals surface area contributed by atoms with E-state index in [4.69, 9.17) is 0 Å². The molecule has 0 bridgehead atoms. The number of rotatable bonds is 4. The van der Waals surface area contributed by atoms with Gasteiger partial charge in [0.25, 0.3) is 0 Å². The van der Waals surface area contributed by atoms with Crippen molar-refractivity contribution < 1.29 is 4.79 Å². The summed E-state index contributed by atoms with van der Waals surface area (Å²) in [5.41, 5.74) is 0. The number of ketones is 1. The largest absolute Gasteiger partial charge is 0.383 e. The summed E-state index contributed by atoms with van der Waals surface area (Å²) in [6.45, 7) is 0. The molecule has 1 aliphatic carbocycles. The molecule has 0 aliphatic heterocycles. The van der Waals surface area contributed by atoms with Crippen LogP contribution in [0.5, 0.6) is 0 Å². The average molecular weight is 301 g/mol. The number of thiophene rings is 1. The summed E-state index contributed by atoms with van der Waals surface area (Å²) in [5, 5.41) is 0. The predicted molar refractivity (Wildman–Crippen MR) is 89.5 cm³/mol. The van der Waals surface area contributed by atoms with Crippen molar-refractivity contribution >= 4 is 17.1 Å². The van der Waals surface area contributed by atoms with Gasteiger partial charge in [0.1, 0.15) is 0 Å². The molecule has 0 radical (unpaired) electrons. The number of nitrogens with zero attached hydrogens (tertiary/aromatic N) is 1. The van der Waals surface area contributed by atoms with Crippen molar-refractivity contribution in [2.24, 2.45) is 5.92 Å². The lowest BCUT2D eigenvalue weighted by Crippen LogP contribution is -2.04. The summed E-state index contributed by atoms with van der Waals surface area (Å²) in [5.74, 6) is 7.35. The first-order valence-corrected chi connectivity index (χ1v) is 8.44. The molecule has 0 N–H and O–H groups in total. The van der Waals surface area contributed by atoms with Crippen LogP contribution in [-0.4, -0.2) is 24.8 Å². The summed E-state index contributed by atoms with van der Waals surface area (Å²) in [6, 6.07) is 3.83. The summed E-state index contributed by atoms with van der Waals surface area (Å²) < 4.78 is 0. The van der Waals surface area contributed by atoms with Gasteiger partial charge in [-0.15, -0.1) is 11.3 Å². The van der Waals surface area contributed by atoms with E-state index >= 15 is 0 Å². The first-order chi connectivity index (χ1) is 10.1. The smallest absolute Gasteiger partial charge is 0.197 e. The zero-order valence-electron chi connectivity index (χ0n) is 12.9. The Balaban J connectivity index is 1.89. The van der Waals surface area contributed by atoms with Gasteiger partial charge >= 0.3 is 0 Å². The van der Waals surface area contributed by atoms with E-state index in [1.165, 1.54) is 43.4 Å². The fourth-order valence-electron chi connectivity index (χ4n) is 2.51. The first-order valence-electron chi connectivity index (χ1n) is 7.63. The highest BCUT2D eigenvalue weighted by atomic mass is 32.1. The van der Waals surface area contributed by atoms with Gasteiger partial charge in [-0.25, -0.2) is 0 Å². The van der Waals surface area contributed by atoms with Crippen LogP contribution in [-0.2, 0) is 0 Å². The minimum absolute atomic E-state index is 0.0500. The lowest BCUT2D eigenvalue weighted by molar-refractivity contribution is 0.104. The van der Waals surface area contributed by atoms with Gasteiger partial charge in [0.05, 0.1) is 9.75 Å². The monoisotopic (exact) mass is 301 g/mol. The van der Waals surface area contributed by atoms with Gasteiger partial charge in [-0.2, -0.15) is 0 Å². The van der Waals surface area contributed by atoms with Gasteiger partial charge in [0.15, 0.2) is 5.78 Å². The molecule has 2 rings (SSSR count). The van der Waals surface area contributed by atoms with Crippen molar-refractivity contribution in [1.82, 2.24) is 4.90 Å². The van der Waals surface area contributed by atoms with Crippen molar-refractivity contribution in [2.45, 2.75) is 38.5 Å². The van der Waals surface area contributed by atoms with Crippen molar-refractivity contribution in [3.8, 4) is 11.8 Å². The Labute approximate surface area is 131 Å².